The van der Waals surface area contributed by atoms with Crippen molar-refractivity contribution in [2.45, 2.75) is 69.3 Å². The predicted octanol–water partition coefficient (Wildman–Crippen LogP) is 4.06. The number of nitrogens with two attached hydrogens (primary N) is 1. The summed E-state index contributed by atoms with van der Waals surface area (Å²) in [5.41, 5.74) is 5.52. The van der Waals surface area contributed by atoms with E-state index >= 15 is 0 Å². The van der Waals surface area contributed by atoms with Gasteiger partial charge in [0.2, 0.25) is 0 Å². The fraction of sp³-hybridized carbons (Fsp3) is 0.667. The van der Waals surface area contributed by atoms with Gasteiger partial charge < -0.3 is 24.6 Å². The molecule has 1 aliphatic carbocycles. The molecule has 1 aromatic heterocycles. The molecule has 0 radical (unpaired) electrons. The second-order valence-corrected chi connectivity index (χ2v) is 10.8. The monoisotopic (exact) mass is 519 g/mol. The van der Waals surface area contributed by atoms with Crippen LogP contribution >= 0.6 is 0 Å². The number of carbonyl (C=O) groups is 2. The molecule has 2 aliphatic heterocycles. The molecule has 2 N–H and O–H groups in total. The van der Waals surface area contributed by atoms with E-state index in [9.17, 15) is 18.4 Å². The number of piperidine rings is 1. The van der Waals surface area contributed by atoms with E-state index in [1.54, 1.807) is 0 Å². The number of fused-ring (bicyclic) bond motifs is 1. The minimum absolute atomic E-state index is 0.152. The second kappa shape index (κ2) is 11.0. The highest BCUT2D eigenvalue weighted by atomic mass is 19.2. The highest BCUT2D eigenvalue weighted by Gasteiger charge is 2.45. The number of benzene rings is 1. The van der Waals surface area contributed by atoms with Crippen LogP contribution in [-0.2, 0) is 19.1 Å². The van der Waals surface area contributed by atoms with E-state index in [0.29, 0.717) is 55.9 Å². The number of carbonyl (C=O) groups excluding carboxylic acids is 2. The first-order chi connectivity index (χ1) is 17.8. The Bertz CT molecular complexity index is 1120. The zero-order valence-electron chi connectivity index (χ0n) is 21.1. The number of primary amides is 1. The molecule has 0 bridgehead atoms. The van der Waals surface area contributed by atoms with E-state index in [1.807, 2.05) is 0 Å². The van der Waals surface area contributed by atoms with Crippen LogP contribution in [0.4, 0.5) is 8.78 Å². The molecule has 8 nitrogen and oxygen atoms in total. The predicted molar refractivity (Wildman–Crippen MR) is 130 cm³/mol. The molecule has 1 aromatic carbocycles. The first-order valence-electron chi connectivity index (χ1n) is 13.4. The third-order valence-electron chi connectivity index (χ3n) is 8.58. The molecule has 3 heterocycles. The quantitative estimate of drug-likeness (QED) is 0.550. The summed E-state index contributed by atoms with van der Waals surface area (Å²) in [7, 11) is 0. The number of likely N-dealkylation sites (tertiary alicyclic amines) is 1. The van der Waals surface area contributed by atoms with Gasteiger partial charge in [0.05, 0.1) is 11.6 Å². The Labute approximate surface area is 214 Å². The first-order valence-corrected chi connectivity index (χ1v) is 13.4. The molecular weight excluding hydrogens is 484 g/mol. The van der Waals surface area contributed by atoms with E-state index in [2.05, 4.69) is 10.1 Å². The molecule has 0 spiro atoms. The molecule has 5 rings (SSSR count). The van der Waals surface area contributed by atoms with Crippen LogP contribution in [0, 0.1) is 23.5 Å². The van der Waals surface area contributed by atoms with Gasteiger partial charge in [-0.05, 0) is 89.4 Å². The van der Waals surface area contributed by atoms with Crippen molar-refractivity contribution in [2.75, 3.05) is 32.8 Å². The molecule has 0 atom stereocenters. The number of aromatic nitrogens is 1. The summed E-state index contributed by atoms with van der Waals surface area (Å²) >= 11 is 0. The molecule has 0 unspecified atom stereocenters. The van der Waals surface area contributed by atoms with Crippen LogP contribution in [0.5, 0.6) is 0 Å². The van der Waals surface area contributed by atoms with Crippen molar-refractivity contribution in [3.63, 3.8) is 0 Å². The smallest absolute Gasteiger partial charge is 0.310 e. The molecule has 202 valence electrons. The molecule has 1 saturated carbocycles. The summed E-state index contributed by atoms with van der Waals surface area (Å²) < 4.78 is 43.6. The molecular formula is C27H35F2N3O5. The fourth-order valence-electron chi connectivity index (χ4n) is 6.08. The van der Waals surface area contributed by atoms with Gasteiger partial charge in [-0.15, -0.1) is 0 Å². The maximum atomic E-state index is 13.7. The first kappa shape index (κ1) is 26.0. The number of rotatable bonds is 7. The van der Waals surface area contributed by atoms with Gasteiger partial charge in [-0.1, -0.05) is 5.16 Å². The lowest BCUT2D eigenvalue weighted by molar-refractivity contribution is -0.178. The van der Waals surface area contributed by atoms with E-state index in [4.69, 9.17) is 19.7 Å². The number of hydrogen-bond acceptors (Lipinski definition) is 7. The molecule has 2 aromatic rings. The summed E-state index contributed by atoms with van der Waals surface area (Å²) in [6.45, 7) is 3.81. The number of ether oxygens (including phenoxy) is 2. The van der Waals surface area contributed by atoms with Crippen molar-refractivity contribution < 1.29 is 32.4 Å². The van der Waals surface area contributed by atoms with E-state index in [1.165, 1.54) is 6.07 Å². The highest BCUT2D eigenvalue weighted by molar-refractivity contribution is 5.87. The maximum absolute atomic E-state index is 13.7. The van der Waals surface area contributed by atoms with Crippen molar-refractivity contribution in [3.8, 4) is 0 Å². The standard InChI is InChI=1S/C27H35F2N3O5/c28-21-15-20-23(16-22(21)29)37-31-24(20)18-4-11-32(12-5-18)10-3-17-1-8-27(9-2-17,26(30)34)36-25(33)19-6-13-35-14-7-19/h15-19H,1-14H2,(H2,30,34). The number of hydrogen-bond donors (Lipinski definition) is 1. The Kier molecular flexibility index (Phi) is 7.76. The number of esters is 1. The van der Waals surface area contributed by atoms with Crippen molar-refractivity contribution >= 4 is 22.8 Å². The van der Waals surface area contributed by atoms with Gasteiger partial charge in [0, 0.05) is 30.6 Å². The summed E-state index contributed by atoms with van der Waals surface area (Å²) in [6, 6.07) is 2.23. The Morgan fingerprint density at radius 3 is 2.41 bits per heavy atom. The van der Waals surface area contributed by atoms with Gasteiger partial charge in [0.25, 0.3) is 5.91 Å². The largest absolute Gasteiger partial charge is 0.449 e. The fourth-order valence-corrected chi connectivity index (χ4v) is 6.08. The van der Waals surface area contributed by atoms with Crippen LogP contribution in [0.1, 0.15) is 69.4 Å². The lowest BCUT2D eigenvalue weighted by atomic mass is 9.76. The van der Waals surface area contributed by atoms with Crippen LogP contribution in [0.2, 0.25) is 0 Å². The maximum Gasteiger partial charge on any atom is 0.310 e. The minimum atomic E-state index is -1.19. The van der Waals surface area contributed by atoms with Crippen molar-refractivity contribution in [1.29, 1.82) is 0 Å². The summed E-state index contributed by atoms with van der Waals surface area (Å²) in [4.78, 5) is 27.4. The number of amides is 1. The zero-order valence-corrected chi connectivity index (χ0v) is 21.1. The average molecular weight is 520 g/mol. The van der Waals surface area contributed by atoms with E-state index < -0.39 is 23.1 Å². The third kappa shape index (κ3) is 5.65. The molecule has 1 amide bonds. The molecule has 2 saturated heterocycles. The second-order valence-electron chi connectivity index (χ2n) is 10.8. The highest BCUT2D eigenvalue weighted by Crippen LogP contribution is 2.38. The van der Waals surface area contributed by atoms with Crippen LogP contribution in [0.3, 0.4) is 0 Å². The van der Waals surface area contributed by atoms with Crippen molar-refractivity contribution in [1.82, 2.24) is 10.1 Å². The normalized spacial score (nSPS) is 26.4. The van der Waals surface area contributed by atoms with E-state index in [0.717, 1.165) is 57.8 Å². The Morgan fingerprint density at radius 2 is 1.73 bits per heavy atom. The lowest BCUT2D eigenvalue weighted by Crippen LogP contribution is -2.51. The van der Waals surface area contributed by atoms with Crippen molar-refractivity contribution in [3.05, 3.63) is 29.5 Å². The molecule has 37 heavy (non-hydrogen) atoms. The summed E-state index contributed by atoms with van der Waals surface area (Å²) in [5.74, 6) is -2.31. The summed E-state index contributed by atoms with van der Waals surface area (Å²) in [5, 5.41) is 4.67. The minimum Gasteiger partial charge on any atom is -0.449 e. The van der Waals surface area contributed by atoms with Crippen molar-refractivity contribution in [2.24, 2.45) is 17.6 Å². The Morgan fingerprint density at radius 1 is 1.05 bits per heavy atom. The van der Waals surface area contributed by atoms with Gasteiger partial charge >= 0.3 is 5.97 Å². The van der Waals surface area contributed by atoms with E-state index in [-0.39, 0.29) is 23.4 Å². The Balaban J connectivity index is 1.08. The Hall–Kier alpha value is -2.59. The molecule has 3 fully saturated rings. The average Bonchev–Trinajstić information content (AvgIpc) is 3.31. The van der Waals surface area contributed by atoms with Crippen LogP contribution in [-0.4, -0.2) is 60.4 Å². The number of halogens is 2. The molecule has 3 aliphatic rings. The van der Waals surface area contributed by atoms with Gasteiger partial charge in [-0.2, -0.15) is 0 Å². The van der Waals surface area contributed by atoms with Crippen LogP contribution in [0.25, 0.3) is 11.0 Å². The lowest BCUT2D eigenvalue weighted by Gasteiger charge is -2.39. The van der Waals surface area contributed by atoms with Gasteiger partial charge in [-0.25, -0.2) is 8.78 Å². The van der Waals surface area contributed by atoms with Crippen LogP contribution in [0.15, 0.2) is 16.7 Å². The SMILES string of the molecule is NC(=O)C1(OC(=O)C2CCOCC2)CCC(CCN2CCC(c3noc4cc(F)c(F)cc34)CC2)CC1. The molecule has 10 heteroatoms. The summed E-state index contributed by atoms with van der Waals surface area (Å²) in [6.07, 6.45) is 6.54. The van der Waals surface area contributed by atoms with Crippen LogP contribution < -0.4 is 5.73 Å². The zero-order chi connectivity index (χ0) is 26.0. The van der Waals surface area contributed by atoms with Gasteiger partial charge in [0.1, 0.15) is 0 Å². The topological polar surface area (TPSA) is 108 Å². The number of nitrogens with zero attached hydrogens (tertiary/aromatic N) is 2. The van der Waals surface area contributed by atoms with Gasteiger partial charge in [-0.3, -0.25) is 9.59 Å². The van der Waals surface area contributed by atoms with Gasteiger partial charge in [0.15, 0.2) is 22.8 Å². The third-order valence-corrected chi connectivity index (χ3v) is 8.58.